The van der Waals surface area contributed by atoms with Crippen LogP contribution in [0.3, 0.4) is 0 Å². The number of hydrazine groups is 2. The fourth-order valence-electron chi connectivity index (χ4n) is 7.92. The number of carboxylic acid groups (broad SMARTS) is 1. The molecule has 0 bridgehead atoms. The van der Waals surface area contributed by atoms with Gasteiger partial charge in [0.15, 0.2) is 40.9 Å². The van der Waals surface area contributed by atoms with Crippen LogP contribution in [0.1, 0.15) is 56.9 Å². The molecule has 8 aromatic rings. The molecule has 75 heavy (non-hydrogen) atoms. The Bertz CT molecular complexity index is 3510. The molecule has 4 aromatic heterocycles. The average Bonchev–Trinajstić information content (AvgIpc) is 4.03. The number of nitrogens with two attached hydrogens (primary N) is 3. The predicted molar refractivity (Wildman–Crippen MR) is 264 cm³/mol. The van der Waals surface area contributed by atoms with E-state index in [-0.39, 0.29) is 39.6 Å². The lowest BCUT2D eigenvalue weighted by atomic mass is 10.0. The van der Waals surface area contributed by atoms with E-state index >= 15 is 0 Å². The van der Waals surface area contributed by atoms with Crippen molar-refractivity contribution < 1.29 is 50.5 Å². The number of aliphatic carboxylic acids is 1. The largest absolute Gasteiger partial charge is 0.495 e. The van der Waals surface area contributed by atoms with Crippen LogP contribution in [0.4, 0.5) is 26.3 Å². The van der Waals surface area contributed by atoms with E-state index in [2.05, 4.69) is 21.7 Å². The molecule has 1 amide bonds. The third-order valence-corrected chi connectivity index (χ3v) is 11.7. The van der Waals surface area contributed by atoms with E-state index in [1.807, 2.05) is 31.7 Å². The molecule has 25 heteroatoms. The monoisotopic (exact) mass is 1080 g/mol. The highest BCUT2D eigenvalue weighted by molar-refractivity contribution is 6.30. The third-order valence-electron chi connectivity index (χ3n) is 11.2. The van der Waals surface area contributed by atoms with Gasteiger partial charge in [-0.2, -0.15) is 0 Å². The predicted octanol–water partition coefficient (Wildman–Crippen LogP) is 7.10. The summed E-state index contributed by atoms with van der Waals surface area (Å²) >= 11 is 12.4. The van der Waals surface area contributed by atoms with Crippen LogP contribution in [0.2, 0.25) is 10.0 Å². The number of aromatic nitrogens is 6. The van der Waals surface area contributed by atoms with Gasteiger partial charge in [-0.1, -0.05) is 35.3 Å². The van der Waals surface area contributed by atoms with Gasteiger partial charge in [-0.05, 0) is 96.8 Å². The van der Waals surface area contributed by atoms with Crippen LogP contribution < -0.4 is 43.5 Å². The summed E-state index contributed by atoms with van der Waals surface area (Å²) in [6.07, 6.45) is 9.26. The maximum Gasteiger partial charge on any atom is 0.331 e. The van der Waals surface area contributed by atoms with E-state index < -0.39 is 75.5 Å². The molecule has 0 aliphatic heterocycles. The van der Waals surface area contributed by atoms with Crippen LogP contribution in [-0.4, -0.2) is 59.4 Å². The van der Waals surface area contributed by atoms with E-state index in [9.17, 15) is 50.6 Å². The van der Waals surface area contributed by atoms with Gasteiger partial charge < -0.3 is 23.7 Å². The Morgan fingerprint density at radius 1 is 0.627 bits per heavy atom. The summed E-state index contributed by atoms with van der Waals surface area (Å²) in [5.41, 5.74) is 4.39. The molecule has 2 unspecified atom stereocenters. The third kappa shape index (κ3) is 12.6. The molecule has 0 aliphatic rings. The number of aryl methyl sites for hydroxylation is 2. The lowest BCUT2D eigenvalue weighted by molar-refractivity contribution is -0.139. The Labute approximate surface area is 431 Å². The quantitative estimate of drug-likeness (QED) is 0.0241. The summed E-state index contributed by atoms with van der Waals surface area (Å²) in [6, 6.07) is 12.2. The van der Waals surface area contributed by atoms with Crippen LogP contribution in [0.15, 0.2) is 120 Å². The molecule has 0 aliphatic carbocycles. The number of methoxy groups -OCH3 is 2. The molecular weight excluding hydrogens is 1040 g/mol. The number of carboxylic acids is 1. The van der Waals surface area contributed by atoms with Gasteiger partial charge in [-0.3, -0.25) is 40.6 Å². The lowest BCUT2D eigenvalue weighted by Gasteiger charge is -2.20. The first-order chi connectivity index (χ1) is 35.7. The highest BCUT2D eigenvalue weighted by atomic mass is 35.5. The van der Waals surface area contributed by atoms with E-state index in [0.29, 0.717) is 46.9 Å². The van der Waals surface area contributed by atoms with Crippen molar-refractivity contribution in [2.24, 2.45) is 17.5 Å². The van der Waals surface area contributed by atoms with E-state index in [1.54, 1.807) is 58.2 Å². The minimum atomic E-state index is -1.85. The minimum absolute atomic E-state index is 0.0244. The van der Waals surface area contributed by atoms with Gasteiger partial charge in [-0.25, -0.2) is 46.9 Å². The van der Waals surface area contributed by atoms with Gasteiger partial charge >= 0.3 is 5.97 Å². The molecule has 8 rings (SSSR count). The zero-order valence-corrected chi connectivity index (χ0v) is 41.3. The Kier molecular flexibility index (Phi) is 18.1. The van der Waals surface area contributed by atoms with Crippen molar-refractivity contribution in [2.75, 3.05) is 14.2 Å². The Hall–Kier alpha value is -8.22. The highest BCUT2D eigenvalue weighted by Gasteiger charge is 2.29. The molecule has 17 nitrogen and oxygen atoms in total. The van der Waals surface area contributed by atoms with Gasteiger partial charge in [0, 0.05) is 48.8 Å². The first kappa shape index (κ1) is 56.1. The SMILES string of the molecule is COc1cc(Cc2cc(Cl)cn(C(C(=O)NN)c3cc(F)c(F)c(F)c3)c2=O)ccc1-n1cnc(C)c1.COc1cc(Cc2cc(Cl)cn(C(C(=O)O)c3cc(F)c(F)c(F)c3)c2=O)ccc1-n1cnc(C)c1.NN. The molecule has 0 radical (unpaired) electrons. The van der Waals surface area contributed by atoms with Crippen LogP contribution in [0, 0.1) is 48.8 Å². The summed E-state index contributed by atoms with van der Waals surface area (Å²) in [4.78, 5) is 59.7. The fourth-order valence-corrected chi connectivity index (χ4v) is 8.40. The normalized spacial score (nSPS) is 11.7. The van der Waals surface area contributed by atoms with Crippen LogP contribution in [-0.2, 0) is 22.4 Å². The Morgan fingerprint density at radius 3 is 1.33 bits per heavy atom. The van der Waals surface area contributed by atoms with Crippen molar-refractivity contribution in [3.05, 3.63) is 221 Å². The van der Waals surface area contributed by atoms with Crippen LogP contribution in [0.5, 0.6) is 11.5 Å². The second-order valence-electron chi connectivity index (χ2n) is 16.3. The van der Waals surface area contributed by atoms with Gasteiger partial charge in [0.2, 0.25) is 0 Å². The van der Waals surface area contributed by atoms with Crippen molar-refractivity contribution in [1.29, 1.82) is 0 Å². The Morgan fingerprint density at radius 2 is 1.00 bits per heavy atom. The summed E-state index contributed by atoms with van der Waals surface area (Å²) < 4.78 is 98.7. The van der Waals surface area contributed by atoms with Crippen LogP contribution in [0.25, 0.3) is 11.4 Å². The van der Waals surface area contributed by atoms with Gasteiger partial charge in [0.05, 0.1) is 59.7 Å². The van der Waals surface area contributed by atoms with E-state index in [4.69, 9.17) is 38.5 Å². The number of rotatable bonds is 14. The maximum atomic E-state index is 13.9. The standard InChI is InChI=1S/C25H21ClF3N5O3.C25H19ClF3N3O4.H4N2/c1-13-10-33(12-31-13)20-4-3-14(6-21(20)37-2)5-16-7-17(26)11-34(25(16)36)23(24(35)32-30)15-8-18(27)22(29)19(28)9-15;1-13-10-31(12-30-13)20-4-3-14(6-21(20)36-2)5-16-7-17(26)11-32(24(16)33)23(25(34)35)15-8-18(27)22(29)19(28)9-15;1-2/h3-4,6-12,23H,5,30H2,1-2H3,(H,32,35);3-4,6-12,23H,5H2,1-2H3,(H,34,35);1-2H2. The number of nitrogens with one attached hydrogen (secondary N) is 1. The number of nitrogens with zero attached hydrogens (tertiary/aromatic N) is 6. The molecule has 0 saturated carbocycles. The molecule has 8 N–H and O–H groups in total. The molecule has 2 atom stereocenters. The molecular formula is C50H44Cl2F6N10O7. The zero-order valence-electron chi connectivity index (χ0n) is 39.8. The molecule has 4 aromatic carbocycles. The van der Waals surface area contributed by atoms with Gasteiger partial charge in [0.1, 0.15) is 17.5 Å². The summed E-state index contributed by atoms with van der Waals surface area (Å²) in [6.45, 7) is 3.70. The summed E-state index contributed by atoms with van der Waals surface area (Å²) in [7, 11) is 3.01. The molecule has 0 fully saturated rings. The van der Waals surface area contributed by atoms with Crippen LogP contribution >= 0.6 is 23.2 Å². The number of pyridine rings is 2. The number of carbonyl (C=O) groups excluding carboxylic acids is 1. The smallest absolute Gasteiger partial charge is 0.331 e. The number of ether oxygens (including phenoxy) is 2. The van der Waals surface area contributed by atoms with Gasteiger partial charge in [-0.15, -0.1) is 0 Å². The maximum absolute atomic E-state index is 13.9. The number of imidazole rings is 2. The summed E-state index contributed by atoms with van der Waals surface area (Å²) in [5, 5.41) is 9.87. The van der Waals surface area contributed by atoms with Gasteiger partial charge in [0.25, 0.3) is 17.0 Å². The molecule has 0 saturated heterocycles. The van der Waals surface area contributed by atoms with Crippen molar-refractivity contribution in [3.8, 4) is 22.9 Å². The minimum Gasteiger partial charge on any atom is -0.495 e. The molecule has 4 heterocycles. The second kappa shape index (κ2) is 24.2. The lowest BCUT2D eigenvalue weighted by Crippen LogP contribution is -2.41. The highest BCUT2D eigenvalue weighted by Crippen LogP contribution is 2.30. The van der Waals surface area contributed by atoms with E-state index in [1.165, 1.54) is 26.4 Å². The Balaban J connectivity index is 0.000000236. The zero-order chi connectivity index (χ0) is 55.0. The first-order valence-electron chi connectivity index (χ1n) is 21.7. The summed E-state index contributed by atoms with van der Waals surface area (Å²) in [5.74, 6) is 2.08. The number of hydrogen-bond donors (Lipinski definition) is 5. The number of amides is 1. The number of carbonyl (C=O) groups is 2. The number of benzene rings is 4. The molecule has 0 spiro atoms. The number of hydrogen-bond acceptors (Lipinski definition) is 11. The number of halogens is 8. The van der Waals surface area contributed by atoms with Crippen molar-refractivity contribution >= 4 is 35.1 Å². The van der Waals surface area contributed by atoms with Crippen molar-refractivity contribution in [1.82, 2.24) is 33.7 Å². The first-order valence-corrected chi connectivity index (χ1v) is 22.5. The topological polar surface area (TPSA) is 243 Å². The second-order valence-corrected chi connectivity index (χ2v) is 17.1. The van der Waals surface area contributed by atoms with Crippen molar-refractivity contribution in [2.45, 2.75) is 38.8 Å². The fraction of sp³-hybridized carbons (Fsp3) is 0.160. The van der Waals surface area contributed by atoms with Crippen molar-refractivity contribution in [3.63, 3.8) is 0 Å². The average molecular weight is 1080 g/mol. The molecule has 392 valence electrons. The van der Waals surface area contributed by atoms with E-state index in [0.717, 1.165) is 44.3 Å².